The van der Waals surface area contributed by atoms with E-state index >= 15 is 0 Å². The molecular formula is C11H16N2O2. The third-order valence-electron chi connectivity index (χ3n) is 2.55. The molecule has 4 nitrogen and oxygen atoms in total. The van der Waals surface area contributed by atoms with Gasteiger partial charge in [-0.2, -0.15) is 0 Å². The van der Waals surface area contributed by atoms with Crippen molar-refractivity contribution in [3.05, 3.63) is 24.0 Å². The fourth-order valence-corrected chi connectivity index (χ4v) is 1.66. The minimum Gasteiger partial charge on any atom is -0.488 e. The van der Waals surface area contributed by atoms with Crippen LogP contribution in [0.15, 0.2) is 18.5 Å². The molecule has 1 aliphatic rings. The first-order valence-electron chi connectivity index (χ1n) is 5.27. The predicted molar refractivity (Wildman–Crippen MR) is 56.6 cm³/mol. The Kier molecular flexibility index (Phi) is 3.53. The second kappa shape index (κ2) is 5.09. The molecule has 0 aliphatic carbocycles. The maximum atomic E-state index is 5.85. The van der Waals surface area contributed by atoms with Gasteiger partial charge in [0.1, 0.15) is 11.9 Å². The molecule has 1 aromatic rings. The SMILES string of the molecule is NCc1ccncc1OC1CCOCC1. The first-order valence-corrected chi connectivity index (χ1v) is 5.27. The number of rotatable bonds is 3. The molecule has 0 saturated carbocycles. The molecule has 0 unspecified atom stereocenters. The van der Waals surface area contributed by atoms with Crippen LogP contribution in [0.3, 0.4) is 0 Å². The Morgan fingerprint density at radius 1 is 1.47 bits per heavy atom. The lowest BCUT2D eigenvalue weighted by atomic mass is 10.1. The number of ether oxygens (including phenoxy) is 2. The van der Waals surface area contributed by atoms with Gasteiger partial charge in [0.15, 0.2) is 0 Å². The molecule has 0 bridgehead atoms. The monoisotopic (exact) mass is 208 g/mol. The molecule has 2 heterocycles. The van der Waals surface area contributed by atoms with Crippen LogP contribution in [0, 0.1) is 0 Å². The Balaban J connectivity index is 2.02. The highest BCUT2D eigenvalue weighted by molar-refractivity contribution is 5.29. The van der Waals surface area contributed by atoms with Crippen LogP contribution in [0.4, 0.5) is 0 Å². The van der Waals surface area contributed by atoms with Gasteiger partial charge in [0.25, 0.3) is 0 Å². The van der Waals surface area contributed by atoms with Crippen LogP contribution in [0.5, 0.6) is 5.75 Å². The van der Waals surface area contributed by atoms with Crippen LogP contribution >= 0.6 is 0 Å². The predicted octanol–water partition coefficient (Wildman–Crippen LogP) is 1.10. The van der Waals surface area contributed by atoms with Crippen molar-refractivity contribution in [1.29, 1.82) is 0 Å². The molecule has 4 heteroatoms. The Hall–Kier alpha value is -1.13. The molecule has 82 valence electrons. The second-order valence-corrected chi connectivity index (χ2v) is 3.62. The van der Waals surface area contributed by atoms with Crippen molar-refractivity contribution in [2.45, 2.75) is 25.5 Å². The van der Waals surface area contributed by atoms with Gasteiger partial charge in [0.05, 0.1) is 19.4 Å². The number of nitrogens with two attached hydrogens (primary N) is 1. The summed E-state index contributed by atoms with van der Waals surface area (Å²) in [5, 5.41) is 0. The average molecular weight is 208 g/mol. The third kappa shape index (κ3) is 2.67. The van der Waals surface area contributed by atoms with Gasteiger partial charge in [0.2, 0.25) is 0 Å². The minimum absolute atomic E-state index is 0.244. The molecule has 2 rings (SSSR count). The number of hydrogen-bond donors (Lipinski definition) is 1. The van der Waals surface area contributed by atoms with Crippen LogP contribution in [-0.4, -0.2) is 24.3 Å². The standard InChI is InChI=1S/C11H16N2O2/c12-7-9-1-4-13-8-11(9)15-10-2-5-14-6-3-10/h1,4,8,10H,2-3,5-7,12H2. The van der Waals surface area contributed by atoms with E-state index in [4.69, 9.17) is 15.2 Å². The van der Waals surface area contributed by atoms with E-state index in [1.807, 2.05) is 6.07 Å². The molecule has 0 aromatic carbocycles. The van der Waals surface area contributed by atoms with E-state index in [-0.39, 0.29) is 6.10 Å². The van der Waals surface area contributed by atoms with Crippen molar-refractivity contribution in [2.24, 2.45) is 5.73 Å². The van der Waals surface area contributed by atoms with E-state index in [1.54, 1.807) is 12.4 Å². The normalized spacial score (nSPS) is 17.7. The molecule has 0 radical (unpaired) electrons. The van der Waals surface area contributed by atoms with Gasteiger partial charge >= 0.3 is 0 Å². The van der Waals surface area contributed by atoms with Crippen molar-refractivity contribution >= 4 is 0 Å². The molecule has 1 aromatic heterocycles. The molecule has 1 fully saturated rings. The summed E-state index contributed by atoms with van der Waals surface area (Å²) >= 11 is 0. The van der Waals surface area contributed by atoms with Crippen molar-refractivity contribution < 1.29 is 9.47 Å². The largest absolute Gasteiger partial charge is 0.488 e. The van der Waals surface area contributed by atoms with Gasteiger partial charge in [0, 0.05) is 31.1 Å². The highest BCUT2D eigenvalue weighted by Gasteiger charge is 2.16. The van der Waals surface area contributed by atoms with E-state index < -0.39 is 0 Å². The van der Waals surface area contributed by atoms with Crippen LogP contribution < -0.4 is 10.5 Å². The molecule has 0 amide bonds. The second-order valence-electron chi connectivity index (χ2n) is 3.62. The molecule has 2 N–H and O–H groups in total. The Labute approximate surface area is 89.4 Å². The van der Waals surface area contributed by atoms with E-state index in [9.17, 15) is 0 Å². The maximum absolute atomic E-state index is 5.85. The Morgan fingerprint density at radius 2 is 2.27 bits per heavy atom. The van der Waals surface area contributed by atoms with Crippen molar-refractivity contribution in [1.82, 2.24) is 4.98 Å². The molecule has 1 saturated heterocycles. The fraction of sp³-hybridized carbons (Fsp3) is 0.545. The lowest BCUT2D eigenvalue weighted by molar-refractivity contribution is 0.0250. The lowest BCUT2D eigenvalue weighted by Crippen LogP contribution is -2.26. The van der Waals surface area contributed by atoms with Crippen LogP contribution in [-0.2, 0) is 11.3 Å². The third-order valence-corrected chi connectivity index (χ3v) is 2.55. The van der Waals surface area contributed by atoms with Gasteiger partial charge in [-0.1, -0.05) is 0 Å². The number of hydrogen-bond acceptors (Lipinski definition) is 4. The molecule has 0 spiro atoms. The van der Waals surface area contributed by atoms with Crippen molar-refractivity contribution in [3.8, 4) is 5.75 Å². The first-order chi connectivity index (χ1) is 7.40. The number of aromatic nitrogens is 1. The summed E-state index contributed by atoms with van der Waals surface area (Å²) in [5.74, 6) is 0.812. The van der Waals surface area contributed by atoms with Crippen molar-refractivity contribution in [3.63, 3.8) is 0 Å². The van der Waals surface area contributed by atoms with Crippen molar-refractivity contribution in [2.75, 3.05) is 13.2 Å². The molecule has 15 heavy (non-hydrogen) atoms. The topological polar surface area (TPSA) is 57.4 Å². The summed E-state index contributed by atoms with van der Waals surface area (Å²) in [5.41, 5.74) is 6.63. The zero-order valence-corrected chi connectivity index (χ0v) is 8.69. The highest BCUT2D eigenvalue weighted by Crippen LogP contribution is 2.20. The first kappa shape index (κ1) is 10.4. The number of nitrogens with zero attached hydrogens (tertiary/aromatic N) is 1. The van der Waals surface area contributed by atoms with Gasteiger partial charge in [-0.15, -0.1) is 0 Å². The van der Waals surface area contributed by atoms with E-state index in [2.05, 4.69) is 4.98 Å². The summed E-state index contributed by atoms with van der Waals surface area (Å²) in [4.78, 5) is 4.05. The summed E-state index contributed by atoms with van der Waals surface area (Å²) in [6.45, 7) is 2.05. The zero-order valence-electron chi connectivity index (χ0n) is 8.69. The summed E-state index contributed by atoms with van der Waals surface area (Å²) < 4.78 is 11.1. The highest BCUT2D eigenvalue weighted by atomic mass is 16.5. The summed E-state index contributed by atoms with van der Waals surface area (Å²) in [6, 6.07) is 1.90. The van der Waals surface area contributed by atoms with Gasteiger partial charge in [-0.25, -0.2) is 0 Å². The Morgan fingerprint density at radius 3 is 3.00 bits per heavy atom. The summed E-state index contributed by atoms with van der Waals surface area (Å²) in [6.07, 6.45) is 5.60. The maximum Gasteiger partial charge on any atom is 0.142 e. The van der Waals surface area contributed by atoms with Crippen LogP contribution in [0.1, 0.15) is 18.4 Å². The molecule has 0 atom stereocenters. The van der Waals surface area contributed by atoms with Gasteiger partial charge in [-0.05, 0) is 6.07 Å². The summed E-state index contributed by atoms with van der Waals surface area (Å²) in [7, 11) is 0. The Bertz CT molecular complexity index is 311. The van der Waals surface area contributed by atoms with E-state index in [0.717, 1.165) is 37.4 Å². The van der Waals surface area contributed by atoms with Gasteiger partial charge in [-0.3, -0.25) is 4.98 Å². The zero-order chi connectivity index (χ0) is 10.5. The van der Waals surface area contributed by atoms with E-state index in [0.29, 0.717) is 6.54 Å². The van der Waals surface area contributed by atoms with Crippen LogP contribution in [0.25, 0.3) is 0 Å². The van der Waals surface area contributed by atoms with E-state index in [1.165, 1.54) is 0 Å². The fourth-order valence-electron chi connectivity index (χ4n) is 1.66. The molecule has 1 aliphatic heterocycles. The number of pyridine rings is 1. The quantitative estimate of drug-likeness (QED) is 0.808. The van der Waals surface area contributed by atoms with Gasteiger partial charge < -0.3 is 15.2 Å². The minimum atomic E-state index is 0.244. The smallest absolute Gasteiger partial charge is 0.142 e. The molecular weight excluding hydrogens is 192 g/mol. The average Bonchev–Trinajstić information content (AvgIpc) is 2.31. The lowest BCUT2D eigenvalue weighted by Gasteiger charge is -2.24. The van der Waals surface area contributed by atoms with Crippen LogP contribution in [0.2, 0.25) is 0 Å².